The van der Waals surface area contributed by atoms with Crippen molar-refractivity contribution >= 4 is 39.9 Å². The van der Waals surface area contributed by atoms with Crippen LogP contribution in [0.1, 0.15) is 26.3 Å². The van der Waals surface area contributed by atoms with Crippen molar-refractivity contribution in [3.63, 3.8) is 0 Å². The van der Waals surface area contributed by atoms with Crippen molar-refractivity contribution in [2.24, 2.45) is 7.05 Å². The van der Waals surface area contributed by atoms with E-state index < -0.39 is 0 Å². The number of anilines is 2. The topological polar surface area (TPSA) is 67.2 Å². The molecule has 0 aliphatic rings. The van der Waals surface area contributed by atoms with Gasteiger partial charge in [-0.3, -0.25) is 14.2 Å². The summed E-state index contributed by atoms with van der Waals surface area (Å²) in [5.41, 5.74) is 3.44. The van der Waals surface area contributed by atoms with Crippen LogP contribution < -0.4 is 15.8 Å². The standard InChI is InChI=1S/C23H28N4O2S/c1-6-27(15(2)3)18-10-8-17(9-11-18)24-21(28)14-30-23-25-20-12-7-16(4)13-19(20)22(29)26(23)5/h7-13,15H,6,14H2,1-5H3,(H,24,28). The SMILES string of the molecule is CCN(c1ccc(NC(=O)CSc2nc3ccc(C)cc3c(=O)n2C)cc1)C(C)C. The summed E-state index contributed by atoms with van der Waals surface area (Å²) in [6.07, 6.45) is 0. The van der Waals surface area contributed by atoms with Gasteiger partial charge in [-0.2, -0.15) is 0 Å². The first-order chi connectivity index (χ1) is 14.3. The first kappa shape index (κ1) is 21.9. The molecule has 0 saturated carbocycles. The number of carbonyl (C=O) groups excluding carboxylic acids is 1. The van der Waals surface area contributed by atoms with Crippen LogP contribution in [-0.2, 0) is 11.8 Å². The number of rotatable bonds is 7. The molecule has 3 aromatic rings. The van der Waals surface area contributed by atoms with E-state index in [-0.39, 0.29) is 17.2 Å². The van der Waals surface area contributed by atoms with E-state index in [0.717, 1.165) is 23.5 Å². The van der Waals surface area contributed by atoms with Gasteiger partial charge in [-0.25, -0.2) is 4.98 Å². The van der Waals surface area contributed by atoms with Crippen LogP contribution >= 0.6 is 11.8 Å². The number of carbonyl (C=O) groups is 1. The average molecular weight is 425 g/mol. The highest BCUT2D eigenvalue weighted by Crippen LogP contribution is 2.21. The lowest BCUT2D eigenvalue weighted by Crippen LogP contribution is -2.30. The average Bonchev–Trinajstić information content (AvgIpc) is 2.71. The highest BCUT2D eigenvalue weighted by atomic mass is 32.2. The van der Waals surface area contributed by atoms with Gasteiger partial charge in [0.2, 0.25) is 5.91 Å². The van der Waals surface area contributed by atoms with E-state index in [0.29, 0.717) is 22.1 Å². The molecule has 0 radical (unpaired) electrons. The summed E-state index contributed by atoms with van der Waals surface area (Å²) >= 11 is 1.25. The van der Waals surface area contributed by atoms with Crippen molar-refractivity contribution in [3.05, 3.63) is 58.4 Å². The summed E-state index contributed by atoms with van der Waals surface area (Å²) in [7, 11) is 1.68. The summed E-state index contributed by atoms with van der Waals surface area (Å²) in [6, 6.07) is 13.9. The molecule has 2 aromatic carbocycles. The van der Waals surface area contributed by atoms with Crippen molar-refractivity contribution in [1.82, 2.24) is 9.55 Å². The Bertz CT molecular complexity index is 1110. The van der Waals surface area contributed by atoms with Gasteiger partial charge in [0.1, 0.15) is 0 Å². The van der Waals surface area contributed by atoms with Gasteiger partial charge in [0, 0.05) is 31.0 Å². The molecule has 0 bridgehead atoms. The zero-order valence-electron chi connectivity index (χ0n) is 18.1. The third-order valence-corrected chi connectivity index (χ3v) is 6.00. The van der Waals surface area contributed by atoms with Gasteiger partial charge in [0.15, 0.2) is 5.16 Å². The normalized spacial score (nSPS) is 11.1. The number of fused-ring (bicyclic) bond motifs is 1. The highest BCUT2D eigenvalue weighted by Gasteiger charge is 2.12. The molecule has 1 aromatic heterocycles. The molecule has 0 aliphatic carbocycles. The summed E-state index contributed by atoms with van der Waals surface area (Å²) in [6.45, 7) is 9.32. The highest BCUT2D eigenvalue weighted by molar-refractivity contribution is 7.99. The lowest BCUT2D eigenvalue weighted by atomic mass is 10.2. The van der Waals surface area contributed by atoms with Crippen LogP contribution in [0.3, 0.4) is 0 Å². The molecular formula is C23H28N4O2S. The number of aryl methyl sites for hydroxylation is 1. The lowest BCUT2D eigenvalue weighted by Gasteiger charge is -2.27. The van der Waals surface area contributed by atoms with Gasteiger partial charge in [0.05, 0.1) is 16.7 Å². The molecule has 1 N–H and O–H groups in total. The fraction of sp³-hybridized carbons (Fsp3) is 0.348. The number of hydrogen-bond donors (Lipinski definition) is 1. The number of aromatic nitrogens is 2. The van der Waals surface area contributed by atoms with Crippen LogP contribution in [0.25, 0.3) is 10.9 Å². The Kier molecular flexibility index (Phi) is 6.82. The Labute approximate surface area is 181 Å². The van der Waals surface area contributed by atoms with Crippen molar-refractivity contribution in [3.8, 4) is 0 Å². The van der Waals surface area contributed by atoms with Crippen LogP contribution in [-0.4, -0.2) is 33.8 Å². The molecule has 1 amide bonds. The van der Waals surface area contributed by atoms with Crippen LogP contribution in [0.15, 0.2) is 52.4 Å². The second-order valence-corrected chi connectivity index (χ2v) is 8.49. The Morgan fingerprint density at radius 3 is 2.53 bits per heavy atom. The maximum absolute atomic E-state index is 12.6. The minimum absolute atomic E-state index is 0.104. The number of benzene rings is 2. The Balaban J connectivity index is 1.67. The van der Waals surface area contributed by atoms with Crippen LogP contribution in [0.2, 0.25) is 0 Å². The molecule has 30 heavy (non-hydrogen) atoms. The molecule has 6 nitrogen and oxygen atoms in total. The third-order valence-electron chi connectivity index (χ3n) is 4.97. The lowest BCUT2D eigenvalue weighted by molar-refractivity contribution is -0.113. The molecule has 0 spiro atoms. The second kappa shape index (κ2) is 9.34. The first-order valence-corrected chi connectivity index (χ1v) is 11.1. The van der Waals surface area contributed by atoms with Crippen LogP contribution in [0, 0.1) is 6.92 Å². The summed E-state index contributed by atoms with van der Waals surface area (Å²) in [5.74, 6) is 0.0363. The summed E-state index contributed by atoms with van der Waals surface area (Å²) in [5, 5.41) is 4.03. The van der Waals surface area contributed by atoms with E-state index in [1.165, 1.54) is 16.3 Å². The van der Waals surface area contributed by atoms with E-state index in [2.05, 4.69) is 36.0 Å². The smallest absolute Gasteiger partial charge is 0.261 e. The number of nitrogens with one attached hydrogen (secondary N) is 1. The summed E-state index contributed by atoms with van der Waals surface area (Å²) < 4.78 is 1.50. The zero-order valence-corrected chi connectivity index (χ0v) is 18.9. The predicted octanol–water partition coefficient (Wildman–Crippen LogP) is 4.21. The molecule has 7 heteroatoms. The van der Waals surface area contributed by atoms with E-state index in [1.54, 1.807) is 7.05 Å². The Morgan fingerprint density at radius 1 is 1.20 bits per heavy atom. The largest absolute Gasteiger partial charge is 0.369 e. The van der Waals surface area contributed by atoms with Gasteiger partial charge in [-0.05, 0) is 64.1 Å². The molecule has 0 aliphatic heterocycles. The maximum atomic E-state index is 12.6. The number of hydrogen-bond acceptors (Lipinski definition) is 5. The predicted molar refractivity (Wildman–Crippen MR) is 126 cm³/mol. The molecule has 1 heterocycles. The van der Waals surface area contributed by atoms with Crippen molar-refractivity contribution in [1.29, 1.82) is 0 Å². The first-order valence-electron chi connectivity index (χ1n) is 10.1. The molecule has 0 saturated heterocycles. The second-order valence-electron chi connectivity index (χ2n) is 7.54. The van der Waals surface area contributed by atoms with E-state index in [9.17, 15) is 9.59 Å². The Morgan fingerprint density at radius 2 is 1.90 bits per heavy atom. The quantitative estimate of drug-likeness (QED) is 0.455. The number of nitrogens with zero attached hydrogens (tertiary/aromatic N) is 3. The molecule has 0 fully saturated rings. The molecule has 158 valence electrons. The number of amides is 1. The van der Waals surface area contributed by atoms with Crippen LogP contribution in [0.4, 0.5) is 11.4 Å². The molecule has 3 rings (SSSR count). The Hall–Kier alpha value is -2.80. The number of thioether (sulfide) groups is 1. The molecular weight excluding hydrogens is 396 g/mol. The minimum Gasteiger partial charge on any atom is -0.369 e. The van der Waals surface area contributed by atoms with Gasteiger partial charge >= 0.3 is 0 Å². The zero-order chi connectivity index (χ0) is 21.8. The van der Waals surface area contributed by atoms with Gasteiger partial charge in [-0.1, -0.05) is 23.4 Å². The van der Waals surface area contributed by atoms with Crippen molar-refractivity contribution in [2.45, 2.75) is 38.9 Å². The van der Waals surface area contributed by atoms with E-state index in [1.807, 2.05) is 49.4 Å². The van der Waals surface area contributed by atoms with Gasteiger partial charge < -0.3 is 10.2 Å². The fourth-order valence-corrected chi connectivity index (χ4v) is 4.17. The van der Waals surface area contributed by atoms with Crippen molar-refractivity contribution in [2.75, 3.05) is 22.5 Å². The van der Waals surface area contributed by atoms with Crippen LogP contribution in [0.5, 0.6) is 0 Å². The van der Waals surface area contributed by atoms with Crippen molar-refractivity contribution < 1.29 is 4.79 Å². The third kappa shape index (κ3) is 4.84. The fourth-order valence-electron chi connectivity index (χ4n) is 3.40. The monoisotopic (exact) mass is 424 g/mol. The van der Waals surface area contributed by atoms with Gasteiger partial charge in [-0.15, -0.1) is 0 Å². The molecule has 0 unspecified atom stereocenters. The minimum atomic E-state index is -0.137. The molecule has 0 atom stereocenters. The van der Waals surface area contributed by atoms with E-state index in [4.69, 9.17) is 0 Å². The maximum Gasteiger partial charge on any atom is 0.261 e. The van der Waals surface area contributed by atoms with E-state index >= 15 is 0 Å². The van der Waals surface area contributed by atoms with Gasteiger partial charge in [0.25, 0.3) is 5.56 Å². The summed E-state index contributed by atoms with van der Waals surface area (Å²) in [4.78, 5) is 31.9.